The monoisotopic (exact) mass is 323 g/mol. The number of fused-ring (bicyclic) bond motifs is 1. The van der Waals surface area contributed by atoms with Crippen molar-refractivity contribution in [3.05, 3.63) is 52.9 Å². The molecule has 1 aromatic heterocycles. The molecule has 1 saturated carbocycles. The van der Waals surface area contributed by atoms with Crippen molar-refractivity contribution in [3.8, 4) is 0 Å². The van der Waals surface area contributed by atoms with E-state index in [1.54, 1.807) is 0 Å². The second-order valence-electron chi connectivity index (χ2n) is 7.24. The van der Waals surface area contributed by atoms with E-state index in [4.69, 9.17) is 4.52 Å². The Hall–Kier alpha value is -2.14. The van der Waals surface area contributed by atoms with Crippen molar-refractivity contribution in [3.63, 3.8) is 0 Å². The zero-order valence-corrected chi connectivity index (χ0v) is 13.6. The number of hydrogen-bond donors (Lipinski definition) is 0. The van der Waals surface area contributed by atoms with Gasteiger partial charge in [0, 0.05) is 44.2 Å². The van der Waals surface area contributed by atoms with Crippen LogP contribution in [0.15, 0.2) is 34.9 Å². The highest BCUT2D eigenvalue weighted by Gasteiger charge is 2.38. The molecule has 5 heteroatoms. The van der Waals surface area contributed by atoms with Crippen LogP contribution in [0.2, 0.25) is 0 Å². The van der Waals surface area contributed by atoms with Gasteiger partial charge < -0.3 is 9.42 Å². The van der Waals surface area contributed by atoms with Gasteiger partial charge in [0.25, 0.3) is 5.91 Å². The minimum atomic E-state index is 0.0132. The molecule has 3 aliphatic rings. The predicted octanol–water partition coefficient (Wildman–Crippen LogP) is 2.43. The molecule has 1 amide bonds. The standard InChI is InChI=1S/C19H21N3O2/c23-19(17-9-18(24-20-17)14-5-6-14)22-11-16(12-22)21-8-7-13-3-1-2-4-15(13)10-21/h1-4,9,14,16H,5-8,10-12H2. The molecule has 1 saturated heterocycles. The van der Waals surface area contributed by atoms with Crippen molar-refractivity contribution in [2.75, 3.05) is 19.6 Å². The maximum atomic E-state index is 12.5. The zero-order chi connectivity index (χ0) is 16.1. The summed E-state index contributed by atoms with van der Waals surface area (Å²) < 4.78 is 5.30. The number of rotatable bonds is 3. The highest BCUT2D eigenvalue weighted by molar-refractivity contribution is 5.93. The van der Waals surface area contributed by atoms with Crippen LogP contribution >= 0.6 is 0 Å². The van der Waals surface area contributed by atoms with Crippen molar-refractivity contribution >= 4 is 5.91 Å². The molecule has 124 valence electrons. The quantitative estimate of drug-likeness (QED) is 0.870. The van der Waals surface area contributed by atoms with Crippen molar-refractivity contribution in [1.82, 2.24) is 15.0 Å². The first-order valence-corrected chi connectivity index (χ1v) is 8.84. The molecule has 0 unspecified atom stereocenters. The summed E-state index contributed by atoms with van der Waals surface area (Å²) in [7, 11) is 0. The molecule has 0 radical (unpaired) electrons. The summed E-state index contributed by atoms with van der Waals surface area (Å²) >= 11 is 0. The maximum absolute atomic E-state index is 12.5. The Kier molecular flexibility index (Phi) is 3.23. The van der Waals surface area contributed by atoms with Gasteiger partial charge in [-0.1, -0.05) is 29.4 Å². The molecule has 0 atom stereocenters. The van der Waals surface area contributed by atoms with Crippen LogP contribution in [0, 0.1) is 0 Å². The number of nitrogens with zero attached hydrogens (tertiary/aromatic N) is 3. The van der Waals surface area contributed by atoms with Gasteiger partial charge in [0.2, 0.25) is 0 Å². The third kappa shape index (κ3) is 2.44. The van der Waals surface area contributed by atoms with E-state index in [9.17, 15) is 4.79 Å². The normalized spacial score (nSPS) is 21.4. The van der Waals surface area contributed by atoms with Crippen LogP contribution in [-0.2, 0) is 13.0 Å². The van der Waals surface area contributed by atoms with E-state index in [1.165, 1.54) is 11.1 Å². The number of aromatic nitrogens is 1. The molecule has 3 heterocycles. The van der Waals surface area contributed by atoms with E-state index in [2.05, 4.69) is 34.3 Å². The van der Waals surface area contributed by atoms with E-state index >= 15 is 0 Å². The lowest BCUT2D eigenvalue weighted by Gasteiger charge is -2.46. The Morgan fingerprint density at radius 1 is 1.17 bits per heavy atom. The van der Waals surface area contributed by atoms with E-state index < -0.39 is 0 Å². The predicted molar refractivity (Wildman–Crippen MR) is 88.7 cm³/mol. The molecule has 2 aliphatic heterocycles. The lowest BCUT2D eigenvalue weighted by Crippen LogP contribution is -2.61. The van der Waals surface area contributed by atoms with Crippen LogP contribution < -0.4 is 0 Å². The van der Waals surface area contributed by atoms with Crippen molar-refractivity contribution in [1.29, 1.82) is 0 Å². The molecule has 1 aromatic carbocycles. The van der Waals surface area contributed by atoms with E-state index in [1.807, 2.05) is 11.0 Å². The average molecular weight is 323 g/mol. The average Bonchev–Trinajstić information content (AvgIpc) is 3.30. The minimum absolute atomic E-state index is 0.0132. The van der Waals surface area contributed by atoms with Gasteiger partial charge >= 0.3 is 0 Å². The molecule has 2 fully saturated rings. The number of benzene rings is 1. The molecule has 24 heavy (non-hydrogen) atoms. The summed E-state index contributed by atoms with van der Waals surface area (Å²) in [6, 6.07) is 11.0. The summed E-state index contributed by atoms with van der Waals surface area (Å²) in [6.45, 7) is 3.68. The number of hydrogen-bond acceptors (Lipinski definition) is 4. The van der Waals surface area contributed by atoms with Crippen LogP contribution in [0.25, 0.3) is 0 Å². The smallest absolute Gasteiger partial charge is 0.276 e. The second-order valence-corrected chi connectivity index (χ2v) is 7.24. The summed E-state index contributed by atoms with van der Waals surface area (Å²) in [5.41, 5.74) is 3.37. The van der Waals surface area contributed by atoms with Gasteiger partial charge in [-0.3, -0.25) is 9.69 Å². The summed E-state index contributed by atoms with van der Waals surface area (Å²) in [5, 5.41) is 3.97. The number of carbonyl (C=O) groups is 1. The fourth-order valence-electron chi connectivity index (χ4n) is 3.79. The Morgan fingerprint density at radius 3 is 2.75 bits per heavy atom. The van der Waals surface area contributed by atoms with Gasteiger partial charge in [-0.25, -0.2) is 0 Å². The number of amides is 1. The molecule has 1 aliphatic carbocycles. The number of carbonyl (C=O) groups excluding carboxylic acids is 1. The fourth-order valence-corrected chi connectivity index (χ4v) is 3.79. The van der Waals surface area contributed by atoms with Gasteiger partial charge in [0.1, 0.15) is 5.76 Å². The molecule has 2 aromatic rings. The Labute approximate surface area is 141 Å². The van der Waals surface area contributed by atoms with E-state index in [-0.39, 0.29) is 5.91 Å². The molecule has 5 nitrogen and oxygen atoms in total. The highest BCUT2D eigenvalue weighted by Crippen LogP contribution is 2.40. The number of likely N-dealkylation sites (tertiary alicyclic amines) is 1. The molecule has 0 N–H and O–H groups in total. The maximum Gasteiger partial charge on any atom is 0.276 e. The SMILES string of the molecule is O=C(c1cc(C2CC2)on1)N1CC(N2CCc3ccccc3C2)C1. The Morgan fingerprint density at radius 2 is 1.96 bits per heavy atom. The molecular weight excluding hydrogens is 302 g/mol. The van der Waals surface area contributed by atoms with Crippen molar-refractivity contribution < 1.29 is 9.32 Å². The van der Waals surface area contributed by atoms with Crippen LogP contribution in [0.1, 0.15) is 46.1 Å². The first-order valence-electron chi connectivity index (χ1n) is 8.84. The van der Waals surface area contributed by atoms with Crippen LogP contribution in [0.5, 0.6) is 0 Å². The highest BCUT2D eigenvalue weighted by atomic mass is 16.5. The van der Waals surface area contributed by atoms with Crippen molar-refractivity contribution in [2.24, 2.45) is 0 Å². The topological polar surface area (TPSA) is 49.6 Å². The summed E-state index contributed by atoms with van der Waals surface area (Å²) in [6.07, 6.45) is 3.42. The third-order valence-corrected chi connectivity index (χ3v) is 5.55. The minimum Gasteiger partial charge on any atom is -0.360 e. The lowest BCUT2D eigenvalue weighted by atomic mass is 9.96. The van der Waals surface area contributed by atoms with Gasteiger partial charge in [-0.15, -0.1) is 0 Å². The summed E-state index contributed by atoms with van der Waals surface area (Å²) in [5.74, 6) is 1.39. The Balaban J connectivity index is 1.20. The third-order valence-electron chi connectivity index (χ3n) is 5.55. The zero-order valence-electron chi connectivity index (χ0n) is 13.6. The molecule has 5 rings (SSSR count). The lowest BCUT2D eigenvalue weighted by molar-refractivity contribution is 0.0211. The first-order chi connectivity index (χ1) is 11.8. The van der Waals surface area contributed by atoms with Gasteiger partial charge in [0.15, 0.2) is 5.69 Å². The van der Waals surface area contributed by atoms with Crippen LogP contribution in [-0.4, -0.2) is 46.5 Å². The first kappa shape index (κ1) is 14.2. The second kappa shape index (κ2) is 5.45. The van der Waals surface area contributed by atoms with Gasteiger partial charge in [-0.2, -0.15) is 0 Å². The summed E-state index contributed by atoms with van der Waals surface area (Å²) in [4.78, 5) is 16.9. The van der Waals surface area contributed by atoms with Crippen LogP contribution in [0.4, 0.5) is 0 Å². The van der Waals surface area contributed by atoms with Crippen LogP contribution in [0.3, 0.4) is 0 Å². The van der Waals surface area contributed by atoms with E-state index in [0.717, 1.165) is 51.2 Å². The molecular formula is C19H21N3O2. The fraction of sp³-hybridized carbons (Fsp3) is 0.474. The van der Waals surface area contributed by atoms with Gasteiger partial charge in [0.05, 0.1) is 0 Å². The van der Waals surface area contributed by atoms with E-state index in [0.29, 0.717) is 17.7 Å². The molecule has 0 bridgehead atoms. The van der Waals surface area contributed by atoms with Gasteiger partial charge in [-0.05, 0) is 30.4 Å². The Bertz CT molecular complexity index is 774. The van der Waals surface area contributed by atoms with Crippen molar-refractivity contribution in [2.45, 2.75) is 37.8 Å². The molecule has 0 spiro atoms. The largest absolute Gasteiger partial charge is 0.360 e.